The van der Waals surface area contributed by atoms with E-state index in [1.165, 1.54) is 0 Å². The van der Waals surface area contributed by atoms with E-state index < -0.39 is 5.60 Å². The molecule has 0 spiro atoms. The molecule has 1 aliphatic rings. The minimum absolute atomic E-state index is 0.0322. The molecular formula is C16H23NO3. The van der Waals surface area contributed by atoms with Gasteiger partial charge in [0.2, 0.25) is 0 Å². The van der Waals surface area contributed by atoms with Crippen molar-refractivity contribution >= 4 is 6.09 Å². The largest absolute Gasteiger partial charge is 0.444 e. The van der Waals surface area contributed by atoms with Crippen molar-refractivity contribution in [2.24, 2.45) is 0 Å². The first-order chi connectivity index (χ1) is 9.44. The molecule has 4 heteroatoms. The van der Waals surface area contributed by atoms with Crippen LogP contribution in [0.5, 0.6) is 0 Å². The van der Waals surface area contributed by atoms with Gasteiger partial charge in [0.15, 0.2) is 0 Å². The van der Waals surface area contributed by atoms with Crippen LogP contribution in [0.3, 0.4) is 0 Å². The Morgan fingerprint density at radius 3 is 2.60 bits per heavy atom. The van der Waals surface area contributed by atoms with E-state index in [1.54, 1.807) is 0 Å². The van der Waals surface area contributed by atoms with E-state index in [-0.39, 0.29) is 12.1 Å². The third-order valence-electron chi connectivity index (χ3n) is 3.07. The topological polar surface area (TPSA) is 50.9 Å². The fourth-order valence-electron chi connectivity index (χ4n) is 2.04. The number of benzene rings is 1. The van der Waals surface area contributed by atoms with Crippen molar-refractivity contribution in [2.45, 2.75) is 51.4 Å². The Balaban J connectivity index is 1.96. The molecule has 20 heavy (non-hydrogen) atoms. The van der Waals surface area contributed by atoms with Crippen LogP contribution in [0.4, 0.5) is 4.79 Å². The van der Waals surface area contributed by atoms with E-state index in [9.17, 15) is 4.79 Å². The fraction of sp³-hybridized carbons (Fsp3) is 0.562. The maximum Gasteiger partial charge on any atom is 0.408 e. The molecule has 1 aromatic rings. The maximum absolute atomic E-state index is 11.9. The molecule has 0 bridgehead atoms. The van der Waals surface area contributed by atoms with Crippen LogP contribution < -0.4 is 5.32 Å². The molecular weight excluding hydrogens is 254 g/mol. The van der Waals surface area contributed by atoms with Crippen LogP contribution in [0.2, 0.25) is 0 Å². The quantitative estimate of drug-likeness (QED) is 0.839. The summed E-state index contributed by atoms with van der Waals surface area (Å²) in [6.07, 6.45) is 1.80. The number of nitrogens with one attached hydrogen (secondary N) is 1. The van der Waals surface area contributed by atoms with E-state index in [4.69, 9.17) is 9.47 Å². The third kappa shape index (κ3) is 5.21. The van der Waals surface area contributed by atoms with Gasteiger partial charge < -0.3 is 14.8 Å². The van der Waals surface area contributed by atoms with Crippen molar-refractivity contribution in [3.63, 3.8) is 0 Å². The first-order valence-corrected chi connectivity index (χ1v) is 7.10. The number of alkyl carbamates (subject to hydrolysis) is 1. The number of ether oxygens (including phenoxy) is 2. The highest BCUT2D eigenvalue weighted by Gasteiger charge is 2.26. The van der Waals surface area contributed by atoms with E-state index >= 15 is 0 Å². The summed E-state index contributed by atoms with van der Waals surface area (Å²) in [5.74, 6) is 0. The molecule has 1 N–H and O–H groups in total. The lowest BCUT2D eigenvalue weighted by molar-refractivity contribution is 0.0499. The zero-order valence-electron chi connectivity index (χ0n) is 12.4. The van der Waals surface area contributed by atoms with Crippen LogP contribution in [-0.2, 0) is 9.47 Å². The van der Waals surface area contributed by atoms with Crippen LogP contribution in [0.15, 0.2) is 30.3 Å². The molecule has 0 radical (unpaired) electrons. The molecule has 2 rings (SSSR count). The van der Waals surface area contributed by atoms with Crippen molar-refractivity contribution in [1.29, 1.82) is 0 Å². The van der Waals surface area contributed by atoms with E-state index in [0.717, 1.165) is 25.0 Å². The van der Waals surface area contributed by atoms with Gasteiger partial charge in [0.1, 0.15) is 5.60 Å². The molecule has 0 saturated carbocycles. The molecule has 110 valence electrons. The van der Waals surface area contributed by atoms with Crippen LogP contribution >= 0.6 is 0 Å². The van der Waals surface area contributed by atoms with E-state index in [1.807, 2.05) is 51.1 Å². The van der Waals surface area contributed by atoms with Gasteiger partial charge >= 0.3 is 6.09 Å². The third-order valence-corrected chi connectivity index (χ3v) is 3.07. The second-order valence-electron chi connectivity index (χ2n) is 6.14. The monoisotopic (exact) mass is 277 g/mol. The van der Waals surface area contributed by atoms with Gasteiger partial charge in [-0.1, -0.05) is 30.3 Å². The smallest absolute Gasteiger partial charge is 0.408 e. The zero-order valence-corrected chi connectivity index (χ0v) is 12.4. The van der Waals surface area contributed by atoms with Crippen molar-refractivity contribution in [1.82, 2.24) is 5.32 Å². The standard InChI is InChI=1S/C16H23NO3/c1-16(2,3)20-15(18)17-14(10-9-13-11-19-13)12-7-5-4-6-8-12/h4-8,13-14H,9-11H2,1-3H3,(H,17,18). The predicted molar refractivity (Wildman–Crippen MR) is 77.5 cm³/mol. The summed E-state index contributed by atoms with van der Waals surface area (Å²) in [5.41, 5.74) is 0.615. The summed E-state index contributed by atoms with van der Waals surface area (Å²) >= 11 is 0. The SMILES string of the molecule is CC(C)(C)OC(=O)NC(CCC1CO1)c1ccccc1. The molecule has 0 aliphatic carbocycles. The highest BCUT2D eigenvalue weighted by atomic mass is 16.6. The minimum atomic E-state index is -0.481. The summed E-state index contributed by atoms with van der Waals surface area (Å²) in [6, 6.07) is 9.94. The number of epoxide rings is 1. The normalized spacial score (nSPS) is 19.2. The van der Waals surface area contributed by atoms with E-state index in [2.05, 4.69) is 5.32 Å². The Bertz CT molecular complexity index is 435. The Morgan fingerprint density at radius 1 is 1.40 bits per heavy atom. The van der Waals surface area contributed by atoms with Gasteiger partial charge in [0.25, 0.3) is 0 Å². The average molecular weight is 277 g/mol. The number of amides is 1. The predicted octanol–water partition coefficient (Wildman–Crippen LogP) is 3.43. The van der Waals surface area contributed by atoms with Gasteiger partial charge in [-0.15, -0.1) is 0 Å². The highest BCUT2D eigenvalue weighted by molar-refractivity contribution is 5.68. The van der Waals surface area contributed by atoms with Gasteiger partial charge in [0, 0.05) is 0 Å². The molecule has 4 nitrogen and oxygen atoms in total. The van der Waals surface area contributed by atoms with Crippen molar-refractivity contribution in [3.8, 4) is 0 Å². The fourth-order valence-corrected chi connectivity index (χ4v) is 2.04. The lowest BCUT2D eigenvalue weighted by Crippen LogP contribution is -2.35. The molecule has 1 amide bonds. The molecule has 1 heterocycles. The summed E-state index contributed by atoms with van der Waals surface area (Å²) in [7, 11) is 0. The lowest BCUT2D eigenvalue weighted by atomic mass is 10.0. The summed E-state index contributed by atoms with van der Waals surface area (Å²) < 4.78 is 10.6. The Kier molecular flexibility index (Phi) is 4.65. The number of hydrogen-bond acceptors (Lipinski definition) is 3. The molecule has 1 saturated heterocycles. The van der Waals surface area contributed by atoms with Crippen LogP contribution in [0, 0.1) is 0 Å². The van der Waals surface area contributed by atoms with Gasteiger partial charge in [0.05, 0.1) is 18.8 Å². The minimum Gasteiger partial charge on any atom is -0.444 e. The number of carbonyl (C=O) groups is 1. The number of rotatable bonds is 5. The van der Waals surface area contributed by atoms with Gasteiger partial charge in [-0.2, -0.15) is 0 Å². The Morgan fingerprint density at radius 2 is 2.05 bits per heavy atom. The molecule has 1 aliphatic heterocycles. The lowest BCUT2D eigenvalue weighted by Gasteiger charge is -2.24. The molecule has 1 fully saturated rings. The molecule has 1 aromatic carbocycles. The highest BCUT2D eigenvalue weighted by Crippen LogP contribution is 2.24. The number of hydrogen-bond donors (Lipinski definition) is 1. The van der Waals surface area contributed by atoms with Gasteiger partial charge in [-0.25, -0.2) is 4.79 Å². The summed E-state index contributed by atoms with van der Waals surface area (Å²) in [6.45, 7) is 6.43. The second-order valence-corrected chi connectivity index (χ2v) is 6.14. The van der Waals surface area contributed by atoms with Crippen LogP contribution in [-0.4, -0.2) is 24.4 Å². The van der Waals surface area contributed by atoms with Crippen LogP contribution in [0.1, 0.15) is 45.2 Å². The van der Waals surface area contributed by atoms with E-state index in [0.29, 0.717) is 6.10 Å². The summed E-state index contributed by atoms with van der Waals surface area (Å²) in [4.78, 5) is 11.9. The van der Waals surface area contributed by atoms with Crippen LogP contribution in [0.25, 0.3) is 0 Å². The summed E-state index contributed by atoms with van der Waals surface area (Å²) in [5, 5.41) is 2.96. The number of carbonyl (C=O) groups excluding carboxylic acids is 1. The van der Waals surface area contributed by atoms with Crippen molar-refractivity contribution in [3.05, 3.63) is 35.9 Å². The average Bonchev–Trinajstić information content (AvgIpc) is 3.17. The molecule has 0 aromatic heterocycles. The van der Waals surface area contributed by atoms with Gasteiger partial charge in [-0.05, 0) is 39.2 Å². The first-order valence-electron chi connectivity index (χ1n) is 7.10. The second kappa shape index (κ2) is 6.27. The Labute approximate surface area is 120 Å². The zero-order chi connectivity index (χ0) is 14.6. The maximum atomic E-state index is 11.9. The molecule has 2 unspecified atom stereocenters. The first kappa shape index (κ1) is 14.9. The van der Waals surface area contributed by atoms with Gasteiger partial charge in [-0.3, -0.25) is 0 Å². The Hall–Kier alpha value is -1.55. The van der Waals surface area contributed by atoms with Crippen molar-refractivity contribution < 1.29 is 14.3 Å². The molecule has 2 atom stereocenters. The van der Waals surface area contributed by atoms with Crippen molar-refractivity contribution in [2.75, 3.05) is 6.61 Å².